The Hall–Kier alpha value is -2.09. The standard InChI is InChI=1S/C18H20N2/c1-12(2)17-7-5-14(9-13(17)3)15-6-8-18-16(10-15)11-20(4)19-18/h5-12H,1-4H3. The topological polar surface area (TPSA) is 17.8 Å². The van der Waals surface area contributed by atoms with Gasteiger partial charge in [-0.15, -0.1) is 0 Å². The summed E-state index contributed by atoms with van der Waals surface area (Å²) in [6.45, 7) is 6.68. The summed E-state index contributed by atoms with van der Waals surface area (Å²) in [5.74, 6) is 0.574. The maximum Gasteiger partial charge on any atom is 0.0923 e. The van der Waals surface area contributed by atoms with E-state index in [-0.39, 0.29) is 0 Å². The average molecular weight is 264 g/mol. The number of hydrogen-bond acceptors (Lipinski definition) is 1. The predicted molar refractivity (Wildman–Crippen MR) is 85.0 cm³/mol. The molecule has 0 spiro atoms. The fourth-order valence-corrected chi connectivity index (χ4v) is 2.83. The molecule has 0 atom stereocenters. The highest BCUT2D eigenvalue weighted by Gasteiger charge is 2.07. The molecule has 0 fully saturated rings. The fraction of sp³-hybridized carbons (Fsp3) is 0.278. The van der Waals surface area contributed by atoms with Gasteiger partial charge in [0.1, 0.15) is 0 Å². The van der Waals surface area contributed by atoms with Gasteiger partial charge >= 0.3 is 0 Å². The molecule has 0 saturated heterocycles. The van der Waals surface area contributed by atoms with Gasteiger partial charge in [-0.1, -0.05) is 38.1 Å². The molecular weight excluding hydrogens is 244 g/mol. The van der Waals surface area contributed by atoms with Crippen molar-refractivity contribution in [2.24, 2.45) is 7.05 Å². The summed E-state index contributed by atoms with van der Waals surface area (Å²) in [4.78, 5) is 0. The van der Waals surface area contributed by atoms with E-state index in [9.17, 15) is 0 Å². The first-order valence-corrected chi connectivity index (χ1v) is 7.09. The molecule has 0 N–H and O–H groups in total. The Labute approximate surface area is 120 Å². The largest absolute Gasteiger partial charge is 0.275 e. The molecule has 0 radical (unpaired) electrons. The molecule has 102 valence electrons. The number of hydrogen-bond donors (Lipinski definition) is 0. The van der Waals surface area contributed by atoms with E-state index < -0.39 is 0 Å². The van der Waals surface area contributed by atoms with Crippen molar-refractivity contribution in [3.63, 3.8) is 0 Å². The molecule has 0 aliphatic rings. The Morgan fingerprint density at radius 1 is 1.00 bits per heavy atom. The monoisotopic (exact) mass is 264 g/mol. The van der Waals surface area contributed by atoms with Crippen molar-refractivity contribution in [1.82, 2.24) is 9.78 Å². The lowest BCUT2D eigenvalue weighted by molar-refractivity contribution is 0.780. The van der Waals surface area contributed by atoms with Crippen molar-refractivity contribution in [2.45, 2.75) is 26.7 Å². The molecule has 2 heteroatoms. The van der Waals surface area contributed by atoms with E-state index in [1.165, 1.54) is 27.6 Å². The number of fused-ring (bicyclic) bond motifs is 1. The number of aromatic nitrogens is 2. The van der Waals surface area contributed by atoms with E-state index in [0.717, 1.165) is 5.52 Å². The zero-order chi connectivity index (χ0) is 14.3. The van der Waals surface area contributed by atoms with Crippen LogP contribution >= 0.6 is 0 Å². The summed E-state index contributed by atoms with van der Waals surface area (Å²) >= 11 is 0. The Bertz CT molecular complexity index is 766. The van der Waals surface area contributed by atoms with Crippen molar-refractivity contribution in [2.75, 3.05) is 0 Å². The van der Waals surface area contributed by atoms with Crippen LogP contribution in [0.25, 0.3) is 22.0 Å². The molecule has 2 nitrogen and oxygen atoms in total. The van der Waals surface area contributed by atoms with E-state index >= 15 is 0 Å². The highest BCUT2D eigenvalue weighted by Crippen LogP contribution is 2.28. The smallest absolute Gasteiger partial charge is 0.0923 e. The van der Waals surface area contributed by atoms with Crippen LogP contribution in [0.3, 0.4) is 0 Å². The first-order chi connectivity index (χ1) is 9.54. The molecule has 3 aromatic rings. The van der Waals surface area contributed by atoms with Crippen molar-refractivity contribution < 1.29 is 0 Å². The number of aryl methyl sites for hydroxylation is 2. The zero-order valence-corrected chi connectivity index (χ0v) is 12.5. The summed E-state index contributed by atoms with van der Waals surface area (Å²) in [6.07, 6.45) is 2.06. The Kier molecular flexibility index (Phi) is 3.09. The van der Waals surface area contributed by atoms with Crippen LogP contribution in [0.1, 0.15) is 30.9 Å². The van der Waals surface area contributed by atoms with E-state index in [1.807, 2.05) is 11.7 Å². The lowest BCUT2D eigenvalue weighted by Gasteiger charge is -2.11. The van der Waals surface area contributed by atoms with Crippen molar-refractivity contribution in [3.05, 3.63) is 53.7 Å². The molecule has 2 aromatic carbocycles. The summed E-state index contributed by atoms with van der Waals surface area (Å²) in [5.41, 5.74) is 6.37. The van der Waals surface area contributed by atoms with Crippen LogP contribution in [0.4, 0.5) is 0 Å². The number of nitrogens with zero attached hydrogens (tertiary/aromatic N) is 2. The minimum Gasteiger partial charge on any atom is -0.275 e. The number of rotatable bonds is 2. The van der Waals surface area contributed by atoms with Crippen LogP contribution in [-0.2, 0) is 7.05 Å². The Morgan fingerprint density at radius 3 is 2.40 bits per heavy atom. The average Bonchev–Trinajstić information content (AvgIpc) is 2.77. The summed E-state index contributed by atoms with van der Waals surface area (Å²) in [5, 5.41) is 5.61. The van der Waals surface area contributed by atoms with Crippen molar-refractivity contribution in [3.8, 4) is 11.1 Å². The molecule has 0 aliphatic carbocycles. The molecular formula is C18H20N2. The minimum absolute atomic E-state index is 0.574. The lowest BCUT2D eigenvalue weighted by atomic mass is 9.94. The van der Waals surface area contributed by atoms with Gasteiger partial charge < -0.3 is 0 Å². The van der Waals surface area contributed by atoms with Gasteiger partial charge in [-0.3, -0.25) is 4.68 Å². The van der Waals surface area contributed by atoms with Gasteiger partial charge in [0, 0.05) is 18.6 Å². The van der Waals surface area contributed by atoms with Gasteiger partial charge in [0.2, 0.25) is 0 Å². The van der Waals surface area contributed by atoms with Crippen LogP contribution < -0.4 is 0 Å². The molecule has 0 saturated carbocycles. The lowest BCUT2D eigenvalue weighted by Crippen LogP contribution is -1.92. The highest BCUT2D eigenvalue weighted by molar-refractivity contribution is 5.84. The van der Waals surface area contributed by atoms with Crippen LogP contribution in [0.2, 0.25) is 0 Å². The normalized spacial score (nSPS) is 11.4. The van der Waals surface area contributed by atoms with E-state index in [2.05, 4.69) is 68.5 Å². The quantitative estimate of drug-likeness (QED) is 0.657. The molecule has 3 rings (SSSR count). The van der Waals surface area contributed by atoms with Crippen LogP contribution in [0.5, 0.6) is 0 Å². The molecule has 1 heterocycles. The van der Waals surface area contributed by atoms with E-state index in [4.69, 9.17) is 0 Å². The first kappa shape index (κ1) is 12.9. The summed E-state index contributed by atoms with van der Waals surface area (Å²) in [6, 6.07) is 13.2. The summed E-state index contributed by atoms with van der Waals surface area (Å²) < 4.78 is 1.86. The van der Waals surface area contributed by atoms with E-state index in [1.54, 1.807) is 0 Å². The first-order valence-electron chi connectivity index (χ1n) is 7.09. The second-order valence-electron chi connectivity index (χ2n) is 5.80. The zero-order valence-electron chi connectivity index (χ0n) is 12.5. The van der Waals surface area contributed by atoms with Gasteiger partial charge in [-0.25, -0.2) is 0 Å². The van der Waals surface area contributed by atoms with Crippen molar-refractivity contribution in [1.29, 1.82) is 0 Å². The van der Waals surface area contributed by atoms with Gasteiger partial charge in [0.25, 0.3) is 0 Å². The molecule has 1 aromatic heterocycles. The maximum atomic E-state index is 4.42. The minimum atomic E-state index is 0.574. The fourth-order valence-electron chi connectivity index (χ4n) is 2.83. The second-order valence-corrected chi connectivity index (χ2v) is 5.80. The van der Waals surface area contributed by atoms with Gasteiger partial charge in [-0.05, 0) is 47.2 Å². The SMILES string of the molecule is Cc1cc(-c2ccc3nn(C)cc3c2)ccc1C(C)C. The molecule has 0 amide bonds. The van der Waals surface area contributed by atoms with Crippen LogP contribution in [-0.4, -0.2) is 9.78 Å². The predicted octanol–water partition coefficient (Wildman–Crippen LogP) is 4.67. The Balaban J connectivity index is 2.08. The molecule has 20 heavy (non-hydrogen) atoms. The van der Waals surface area contributed by atoms with E-state index in [0.29, 0.717) is 5.92 Å². The molecule has 0 bridgehead atoms. The van der Waals surface area contributed by atoms with Crippen molar-refractivity contribution >= 4 is 10.9 Å². The van der Waals surface area contributed by atoms with Gasteiger partial charge in [0.15, 0.2) is 0 Å². The Morgan fingerprint density at radius 2 is 1.70 bits per heavy atom. The van der Waals surface area contributed by atoms with Crippen LogP contribution in [0.15, 0.2) is 42.6 Å². The maximum absolute atomic E-state index is 4.42. The third kappa shape index (κ3) is 2.22. The molecule has 0 aliphatic heterocycles. The third-order valence-electron chi connectivity index (χ3n) is 3.84. The summed E-state index contributed by atoms with van der Waals surface area (Å²) in [7, 11) is 1.96. The number of benzene rings is 2. The second kappa shape index (κ2) is 4.78. The van der Waals surface area contributed by atoms with Crippen LogP contribution in [0, 0.1) is 6.92 Å². The highest BCUT2D eigenvalue weighted by atomic mass is 15.2. The van der Waals surface area contributed by atoms with Gasteiger partial charge in [-0.2, -0.15) is 5.10 Å². The van der Waals surface area contributed by atoms with Gasteiger partial charge in [0.05, 0.1) is 5.52 Å². The third-order valence-corrected chi connectivity index (χ3v) is 3.84. The molecule has 0 unspecified atom stereocenters.